The molecular formula is C26H23BrCl2N2O4. The van der Waals surface area contributed by atoms with Gasteiger partial charge in [0.25, 0.3) is 11.8 Å². The second kappa shape index (κ2) is 9.96. The molecule has 0 N–H and O–H groups in total. The number of allylic oxidation sites excluding steroid dienone is 2. The Morgan fingerprint density at radius 3 is 2.34 bits per heavy atom. The van der Waals surface area contributed by atoms with E-state index in [4.69, 9.17) is 32.7 Å². The summed E-state index contributed by atoms with van der Waals surface area (Å²) in [6, 6.07) is 8.79. The average molecular weight is 578 g/mol. The number of fused-ring (bicyclic) bond motifs is 1. The molecule has 0 radical (unpaired) electrons. The summed E-state index contributed by atoms with van der Waals surface area (Å²) in [5.74, 6) is 0.282. The Kier molecular flexibility index (Phi) is 6.93. The quantitative estimate of drug-likeness (QED) is 0.221. The van der Waals surface area contributed by atoms with Crippen LogP contribution in [-0.4, -0.2) is 29.6 Å². The highest BCUT2D eigenvalue weighted by Gasteiger charge is 2.56. The van der Waals surface area contributed by atoms with Gasteiger partial charge in [0.1, 0.15) is 6.61 Å². The number of hydrogen-bond donors (Lipinski definition) is 0. The summed E-state index contributed by atoms with van der Waals surface area (Å²) in [6.45, 7) is 2.52. The van der Waals surface area contributed by atoms with Gasteiger partial charge in [0.05, 0.1) is 29.1 Å². The van der Waals surface area contributed by atoms with Crippen LogP contribution in [0.2, 0.25) is 10.0 Å². The summed E-state index contributed by atoms with van der Waals surface area (Å²) in [7, 11) is 0. The largest absolute Gasteiger partial charge is 0.490 e. The van der Waals surface area contributed by atoms with Crippen LogP contribution in [0.5, 0.6) is 11.5 Å². The number of nitrogens with zero attached hydrogens (tertiary/aromatic N) is 2. The molecule has 2 bridgehead atoms. The average Bonchev–Trinajstić information content (AvgIpc) is 3.11. The van der Waals surface area contributed by atoms with Crippen LogP contribution in [0.3, 0.4) is 0 Å². The molecule has 4 aliphatic rings. The second-order valence-corrected chi connectivity index (χ2v) is 10.6. The number of amides is 2. The van der Waals surface area contributed by atoms with Crippen molar-refractivity contribution < 1.29 is 19.1 Å². The molecule has 1 saturated heterocycles. The van der Waals surface area contributed by atoms with Crippen LogP contribution >= 0.6 is 39.1 Å². The third kappa shape index (κ3) is 4.61. The maximum Gasteiger partial charge on any atom is 0.254 e. The summed E-state index contributed by atoms with van der Waals surface area (Å²) in [4.78, 5) is 26.0. The zero-order valence-electron chi connectivity index (χ0n) is 18.9. The SMILES string of the molecule is CCOc1cc(/C=N\N2C(=O)[C@@H]3[C@@H](C2=O)[C@H]2C=C[C@H]3CC2)cc(Br)c1OCc1ccc(Cl)cc1Cl. The molecule has 0 spiro atoms. The first-order valence-electron chi connectivity index (χ1n) is 11.5. The van der Waals surface area contributed by atoms with Crippen LogP contribution in [0.15, 0.2) is 52.1 Å². The maximum absolute atomic E-state index is 13.0. The Morgan fingerprint density at radius 2 is 1.74 bits per heavy atom. The van der Waals surface area contributed by atoms with E-state index in [2.05, 4.69) is 33.2 Å². The van der Waals surface area contributed by atoms with Gasteiger partial charge in [-0.25, -0.2) is 0 Å². The van der Waals surface area contributed by atoms with Crippen LogP contribution in [0, 0.1) is 23.7 Å². The molecule has 1 saturated carbocycles. The minimum Gasteiger partial charge on any atom is -0.490 e. The van der Waals surface area contributed by atoms with Gasteiger partial charge in [-0.15, -0.1) is 0 Å². The molecule has 2 aromatic rings. The fourth-order valence-corrected chi connectivity index (χ4v) is 6.19. The number of hydrogen-bond acceptors (Lipinski definition) is 5. The Morgan fingerprint density at radius 1 is 1.06 bits per heavy atom. The van der Waals surface area contributed by atoms with Gasteiger partial charge in [0.2, 0.25) is 0 Å². The number of benzene rings is 2. The number of rotatable bonds is 7. The summed E-state index contributed by atoms with van der Waals surface area (Å²) >= 11 is 15.8. The first-order valence-corrected chi connectivity index (χ1v) is 13.1. The minimum atomic E-state index is -0.287. The van der Waals surface area contributed by atoms with E-state index >= 15 is 0 Å². The molecule has 1 heterocycles. The lowest BCUT2D eigenvalue weighted by atomic mass is 9.63. The Bertz CT molecular complexity index is 1220. The van der Waals surface area contributed by atoms with Crippen molar-refractivity contribution in [3.8, 4) is 11.5 Å². The van der Waals surface area contributed by atoms with E-state index in [0.29, 0.717) is 38.2 Å². The third-order valence-electron chi connectivity index (χ3n) is 6.78. The summed E-state index contributed by atoms with van der Waals surface area (Å²) < 4.78 is 12.5. The molecule has 9 heteroatoms. The zero-order chi connectivity index (χ0) is 24.7. The second-order valence-electron chi connectivity index (χ2n) is 8.86. The normalized spacial score (nSPS) is 25.0. The van der Waals surface area contributed by atoms with Crippen molar-refractivity contribution in [1.82, 2.24) is 5.01 Å². The Hall–Kier alpha value is -2.35. The van der Waals surface area contributed by atoms with Crippen molar-refractivity contribution in [2.24, 2.45) is 28.8 Å². The van der Waals surface area contributed by atoms with Gasteiger partial charge in [-0.3, -0.25) is 9.59 Å². The van der Waals surface area contributed by atoms with E-state index in [1.165, 1.54) is 6.21 Å². The molecule has 2 fully saturated rings. The van der Waals surface area contributed by atoms with Crippen LogP contribution in [-0.2, 0) is 16.2 Å². The number of halogens is 3. The molecule has 0 aromatic heterocycles. The standard InChI is InChI=1S/C26H23BrCl2N2O4/c1-2-34-21-10-14(9-19(27)24(21)35-13-17-7-8-18(28)11-20(17)29)12-30-31-25(32)22-15-3-4-16(6-5-15)23(22)26(31)33/h3-4,7-12,15-16,22-23H,2,5-6,13H2,1H3/b30-12-/t15-,16-,22-,23-/m0/s1. The summed E-state index contributed by atoms with van der Waals surface area (Å²) in [6.07, 6.45) is 7.60. The molecule has 1 aliphatic heterocycles. The fraction of sp³-hybridized carbons (Fsp3) is 0.346. The van der Waals surface area contributed by atoms with Crippen molar-refractivity contribution >= 4 is 57.2 Å². The highest BCUT2D eigenvalue weighted by molar-refractivity contribution is 9.10. The van der Waals surface area contributed by atoms with Gasteiger partial charge in [0, 0.05) is 15.6 Å². The van der Waals surface area contributed by atoms with Crippen molar-refractivity contribution in [2.45, 2.75) is 26.4 Å². The molecule has 0 unspecified atom stereocenters. The zero-order valence-corrected chi connectivity index (χ0v) is 22.0. The van der Waals surface area contributed by atoms with Gasteiger partial charge in [-0.05, 0) is 77.4 Å². The van der Waals surface area contributed by atoms with Crippen molar-refractivity contribution in [2.75, 3.05) is 6.61 Å². The van der Waals surface area contributed by atoms with Crippen LogP contribution < -0.4 is 9.47 Å². The highest BCUT2D eigenvalue weighted by Crippen LogP contribution is 2.49. The van der Waals surface area contributed by atoms with Crippen molar-refractivity contribution in [3.63, 3.8) is 0 Å². The van der Waals surface area contributed by atoms with Crippen LogP contribution in [0.1, 0.15) is 30.9 Å². The third-order valence-corrected chi connectivity index (χ3v) is 7.95. The lowest BCUT2D eigenvalue weighted by molar-refractivity contribution is -0.140. The first-order chi connectivity index (χ1) is 16.9. The summed E-state index contributed by atoms with van der Waals surface area (Å²) in [5.41, 5.74) is 1.45. The molecule has 3 aliphatic carbocycles. The van der Waals surface area contributed by atoms with Gasteiger partial charge in [-0.1, -0.05) is 41.4 Å². The molecule has 182 valence electrons. The maximum atomic E-state index is 13.0. The molecule has 2 aromatic carbocycles. The summed E-state index contributed by atoms with van der Waals surface area (Å²) in [5, 5.41) is 6.41. The van der Waals surface area contributed by atoms with E-state index < -0.39 is 0 Å². The number of ether oxygens (including phenoxy) is 2. The van der Waals surface area contributed by atoms with E-state index in [0.717, 1.165) is 23.4 Å². The monoisotopic (exact) mass is 576 g/mol. The molecule has 6 rings (SSSR count). The van der Waals surface area contributed by atoms with E-state index in [1.807, 2.05) is 13.0 Å². The minimum absolute atomic E-state index is 0.130. The molecule has 2 amide bonds. The molecule has 6 nitrogen and oxygen atoms in total. The van der Waals surface area contributed by atoms with Crippen LogP contribution in [0.4, 0.5) is 0 Å². The van der Waals surface area contributed by atoms with Gasteiger partial charge >= 0.3 is 0 Å². The Balaban J connectivity index is 1.36. The lowest BCUT2D eigenvalue weighted by Gasteiger charge is -2.37. The number of carbonyl (C=O) groups excluding carboxylic acids is 2. The molecule has 35 heavy (non-hydrogen) atoms. The van der Waals surface area contributed by atoms with E-state index in [9.17, 15) is 9.59 Å². The predicted octanol–water partition coefficient (Wildman–Crippen LogP) is 6.26. The molecule has 4 atom stereocenters. The van der Waals surface area contributed by atoms with Crippen molar-refractivity contribution in [3.05, 3.63) is 68.1 Å². The predicted molar refractivity (Wildman–Crippen MR) is 138 cm³/mol. The molecular weight excluding hydrogens is 555 g/mol. The van der Waals surface area contributed by atoms with E-state index in [1.54, 1.807) is 24.3 Å². The van der Waals surface area contributed by atoms with Gasteiger partial charge in [-0.2, -0.15) is 10.1 Å². The lowest BCUT2D eigenvalue weighted by Crippen LogP contribution is -2.38. The number of imide groups is 1. The van der Waals surface area contributed by atoms with Gasteiger partial charge in [0.15, 0.2) is 11.5 Å². The topological polar surface area (TPSA) is 68.2 Å². The smallest absolute Gasteiger partial charge is 0.254 e. The van der Waals surface area contributed by atoms with Crippen LogP contribution in [0.25, 0.3) is 0 Å². The van der Waals surface area contributed by atoms with E-state index in [-0.39, 0.29) is 42.1 Å². The van der Waals surface area contributed by atoms with Gasteiger partial charge < -0.3 is 9.47 Å². The van der Waals surface area contributed by atoms with Crippen molar-refractivity contribution in [1.29, 1.82) is 0 Å². The highest BCUT2D eigenvalue weighted by atomic mass is 79.9. The number of hydrazone groups is 1. The first kappa shape index (κ1) is 24.3. The Labute approximate surface area is 222 Å². The number of carbonyl (C=O) groups is 2. The fourth-order valence-electron chi connectivity index (χ4n) is 5.15.